The molecule has 2 aromatic carbocycles. The molecular formula is C21H23Cl2N3O2. The van der Waals surface area contributed by atoms with Gasteiger partial charge in [0.15, 0.2) is 0 Å². The van der Waals surface area contributed by atoms with E-state index in [1.807, 2.05) is 42.5 Å². The van der Waals surface area contributed by atoms with Gasteiger partial charge in [-0.15, -0.1) is 24.8 Å². The van der Waals surface area contributed by atoms with E-state index in [1.165, 1.54) is 0 Å². The molecule has 5 nitrogen and oxygen atoms in total. The number of halogens is 2. The molecule has 0 fully saturated rings. The standard InChI is InChI=1S/C21H21N3O2.2ClH/c1-26-20-12-23-18-8-4-3-7-15(18)16(20)13-24-19-9-5-2-6-14(19)10-11-17(22)21(24)25;;/h2-9,12,17H,10-11,13,22H2,1H3;2*1H. The number of para-hydroxylation sites is 2. The molecule has 7 heteroatoms. The third kappa shape index (κ3) is 3.92. The van der Waals surface area contributed by atoms with Crippen molar-refractivity contribution in [3.05, 3.63) is 65.9 Å². The largest absolute Gasteiger partial charge is 0.495 e. The Hall–Kier alpha value is -2.34. The number of carbonyl (C=O) groups excluding carboxylic acids is 1. The number of anilines is 1. The number of aromatic nitrogens is 1. The molecular weight excluding hydrogens is 397 g/mol. The summed E-state index contributed by atoms with van der Waals surface area (Å²) >= 11 is 0. The molecule has 1 aliphatic heterocycles. The van der Waals surface area contributed by atoms with Crippen molar-refractivity contribution in [1.29, 1.82) is 0 Å². The Balaban J connectivity index is 0.00000140. The van der Waals surface area contributed by atoms with E-state index >= 15 is 0 Å². The summed E-state index contributed by atoms with van der Waals surface area (Å²) in [6.07, 6.45) is 3.17. The lowest BCUT2D eigenvalue weighted by molar-refractivity contribution is -0.120. The van der Waals surface area contributed by atoms with Crippen molar-refractivity contribution in [3.63, 3.8) is 0 Å². The summed E-state index contributed by atoms with van der Waals surface area (Å²) < 4.78 is 5.54. The zero-order valence-electron chi connectivity index (χ0n) is 15.5. The van der Waals surface area contributed by atoms with E-state index in [1.54, 1.807) is 18.2 Å². The molecule has 0 aliphatic carbocycles. The summed E-state index contributed by atoms with van der Waals surface area (Å²) in [5.41, 5.74) is 10.0. The first-order valence-electron chi connectivity index (χ1n) is 8.74. The molecule has 3 aromatic rings. The van der Waals surface area contributed by atoms with Crippen LogP contribution in [0.1, 0.15) is 17.5 Å². The summed E-state index contributed by atoms with van der Waals surface area (Å²) in [7, 11) is 1.62. The van der Waals surface area contributed by atoms with Gasteiger partial charge in [0, 0.05) is 16.6 Å². The molecule has 1 amide bonds. The molecule has 0 spiro atoms. The number of fused-ring (bicyclic) bond motifs is 2. The molecule has 1 atom stereocenters. The topological polar surface area (TPSA) is 68.5 Å². The molecule has 0 saturated heterocycles. The number of amides is 1. The first kappa shape index (κ1) is 22.0. The predicted octanol–water partition coefficient (Wildman–Crippen LogP) is 3.89. The summed E-state index contributed by atoms with van der Waals surface area (Å²) in [5.74, 6) is 0.615. The second-order valence-electron chi connectivity index (χ2n) is 6.52. The zero-order valence-corrected chi connectivity index (χ0v) is 17.1. The molecule has 0 radical (unpaired) electrons. The first-order chi connectivity index (χ1) is 12.7. The van der Waals surface area contributed by atoms with Crippen LogP contribution in [0.3, 0.4) is 0 Å². The number of pyridine rings is 1. The molecule has 148 valence electrons. The highest BCUT2D eigenvalue weighted by atomic mass is 35.5. The number of methoxy groups -OCH3 is 1. The Kier molecular flexibility index (Phi) is 7.24. The van der Waals surface area contributed by atoms with E-state index in [9.17, 15) is 4.79 Å². The third-order valence-electron chi connectivity index (χ3n) is 4.97. The average Bonchev–Trinajstić information content (AvgIpc) is 2.80. The minimum Gasteiger partial charge on any atom is -0.495 e. The lowest BCUT2D eigenvalue weighted by Crippen LogP contribution is -2.42. The van der Waals surface area contributed by atoms with Gasteiger partial charge in [-0.25, -0.2) is 0 Å². The van der Waals surface area contributed by atoms with Crippen molar-refractivity contribution in [2.24, 2.45) is 5.73 Å². The fourth-order valence-corrected chi connectivity index (χ4v) is 3.58. The summed E-state index contributed by atoms with van der Waals surface area (Å²) in [6, 6.07) is 15.4. The number of aryl methyl sites for hydroxylation is 1. The van der Waals surface area contributed by atoms with Gasteiger partial charge < -0.3 is 15.4 Å². The highest BCUT2D eigenvalue weighted by Crippen LogP contribution is 2.32. The van der Waals surface area contributed by atoms with E-state index < -0.39 is 6.04 Å². The molecule has 2 N–H and O–H groups in total. The second kappa shape index (κ2) is 9.24. The van der Waals surface area contributed by atoms with Crippen LogP contribution in [0.4, 0.5) is 5.69 Å². The van der Waals surface area contributed by atoms with Crippen LogP contribution in [0.5, 0.6) is 5.75 Å². The molecule has 0 bridgehead atoms. The van der Waals surface area contributed by atoms with Gasteiger partial charge in [0.1, 0.15) is 5.75 Å². The number of ether oxygens (including phenoxy) is 1. The van der Waals surface area contributed by atoms with Gasteiger partial charge in [0.05, 0.1) is 31.4 Å². The monoisotopic (exact) mass is 419 g/mol. The summed E-state index contributed by atoms with van der Waals surface area (Å²) in [4.78, 5) is 19.2. The molecule has 1 aliphatic rings. The highest BCUT2D eigenvalue weighted by Gasteiger charge is 2.29. The summed E-state index contributed by atoms with van der Waals surface area (Å²) in [5, 5.41) is 0.981. The minimum absolute atomic E-state index is 0. The zero-order chi connectivity index (χ0) is 18.1. The number of nitrogens with zero attached hydrogens (tertiary/aromatic N) is 2. The smallest absolute Gasteiger partial charge is 0.244 e. The van der Waals surface area contributed by atoms with Crippen molar-refractivity contribution in [2.75, 3.05) is 12.0 Å². The Morgan fingerprint density at radius 2 is 1.86 bits per heavy atom. The molecule has 1 unspecified atom stereocenters. The number of hydrogen-bond donors (Lipinski definition) is 1. The van der Waals surface area contributed by atoms with Gasteiger partial charge in [-0.2, -0.15) is 0 Å². The van der Waals surface area contributed by atoms with Gasteiger partial charge in [-0.3, -0.25) is 9.78 Å². The normalized spacial score (nSPS) is 15.9. The maximum atomic E-state index is 13.0. The van der Waals surface area contributed by atoms with Crippen molar-refractivity contribution < 1.29 is 9.53 Å². The van der Waals surface area contributed by atoms with E-state index in [0.29, 0.717) is 18.7 Å². The van der Waals surface area contributed by atoms with Gasteiger partial charge in [0.2, 0.25) is 5.91 Å². The third-order valence-corrected chi connectivity index (χ3v) is 4.97. The Morgan fingerprint density at radius 1 is 1.14 bits per heavy atom. The van der Waals surface area contributed by atoms with Crippen molar-refractivity contribution in [1.82, 2.24) is 4.98 Å². The lowest BCUT2D eigenvalue weighted by atomic mass is 10.1. The van der Waals surface area contributed by atoms with Gasteiger partial charge in [-0.1, -0.05) is 36.4 Å². The van der Waals surface area contributed by atoms with Crippen molar-refractivity contribution >= 4 is 47.3 Å². The van der Waals surface area contributed by atoms with E-state index in [0.717, 1.165) is 34.1 Å². The fourth-order valence-electron chi connectivity index (χ4n) is 3.58. The Bertz CT molecular complexity index is 981. The maximum Gasteiger partial charge on any atom is 0.244 e. The van der Waals surface area contributed by atoms with E-state index in [2.05, 4.69) is 11.1 Å². The van der Waals surface area contributed by atoms with Crippen LogP contribution in [0.25, 0.3) is 10.9 Å². The van der Waals surface area contributed by atoms with Crippen LogP contribution in [-0.4, -0.2) is 24.0 Å². The van der Waals surface area contributed by atoms with E-state index in [4.69, 9.17) is 10.5 Å². The number of benzene rings is 2. The SMILES string of the molecule is COc1cnc2ccccc2c1CN1C(=O)C(N)CCc2ccccc21.Cl.Cl. The van der Waals surface area contributed by atoms with Gasteiger partial charge in [0.25, 0.3) is 0 Å². The van der Waals surface area contributed by atoms with Crippen molar-refractivity contribution in [3.8, 4) is 5.75 Å². The Labute approximate surface area is 176 Å². The number of nitrogens with two attached hydrogens (primary N) is 1. The van der Waals surface area contributed by atoms with Gasteiger partial charge in [-0.05, 0) is 30.5 Å². The summed E-state index contributed by atoms with van der Waals surface area (Å²) in [6.45, 7) is 0.399. The van der Waals surface area contributed by atoms with Crippen LogP contribution in [0.2, 0.25) is 0 Å². The molecule has 0 saturated carbocycles. The Morgan fingerprint density at radius 3 is 2.64 bits per heavy atom. The van der Waals surface area contributed by atoms with Crippen LogP contribution in [0.15, 0.2) is 54.7 Å². The first-order valence-corrected chi connectivity index (χ1v) is 8.74. The number of carbonyl (C=O) groups is 1. The van der Waals surface area contributed by atoms with Crippen molar-refractivity contribution in [2.45, 2.75) is 25.4 Å². The van der Waals surface area contributed by atoms with Crippen LogP contribution in [-0.2, 0) is 17.8 Å². The second-order valence-corrected chi connectivity index (χ2v) is 6.52. The molecule has 2 heterocycles. The van der Waals surface area contributed by atoms with Crippen LogP contribution >= 0.6 is 24.8 Å². The average molecular weight is 420 g/mol. The van der Waals surface area contributed by atoms with E-state index in [-0.39, 0.29) is 30.7 Å². The number of hydrogen-bond acceptors (Lipinski definition) is 4. The minimum atomic E-state index is -0.499. The number of rotatable bonds is 3. The highest BCUT2D eigenvalue weighted by molar-refractivity contribution is 5.99. The fraction of sp³-hybridized carbons (Fsp3) is 0.238. The quantitative estimate of drug-likeness (QED) is 0.698. The van der Waals surface area contributed by atoms with Crippen LogP contribution < -0.4 is 15.4 Å². The lowest BCUT2D eigenvalue weighted by Gasteiger charge is -2.26. The van der Waals surface area contributed by atoms with Crippen LogP contribution in [0, 0.1) is 0 Å². The molecule has 28 heavy (non-hydrogen) atoms. The maximum absolute atomic E-state index is 13.0. The predicted molar refractivity (Wildman–Crippen MR) is 117 cm³/mol. The molecule has 4 rings (SSSR count). The molecule has 1 aromatic heterocycles. The van der Waals surface area contributed by atoms with Gasteiger partial charge >= 0.3 is 0 Å².